The van der Waals surface area contributed by atoms with Crippen LogP contribution in [-0.2, 0) is 23.9 Å². The lowest BCUT2D eigenvalue weighted by Crippen LogP contribution is -2.37. The summed E-state index contributed by atoms with van der Waals surface area (Å²) >= 11 is 0. The van der Waals surface area contributed by atoms with Crippen LogP contribution in [0.25, 0.3) is 28.7 Å². The minimum Gasteiger partial charge on any atom is -0.492 e. The molecule has 0 saturated carbocycles. The normalized spacial score (nSPS) is 13.8. The first-order chi connectivity index (χ1) is 17.2. The molecule has 0 radical (unpaired) electrons. The van der Waals surface area contributed by atoms with Crippen molar-refractivity contribution in [3.05, 3.63) is 65.4 Å². The van der Waals surface area contributed by atoms with E-state index in [-0.39, 0.29) is 29.9 Å². The van der Waals surface area contributed by atoms with Crippen molar-refractivity contribution in [3.63, 3.8) is 0 Å². The van der Waals surface area contributed by atoms with Gasteiger partial charge in [0, 0.05) is 19.0 Å². The van der Waals surface area contributed by atoms with E-state index in [0.29, 0.717) is 29.2 Å². The van der Waals surface area contributed by atoms with E-state index < -0.39 is 17.9 Å². The molecule has 36 heavy (non-hydrogen) atoms. The number of hydrogen-bond donors (Lipinski definition) is 2. The molecular weight excluding hydrogens is 477 g/mol. The van der Waals surface area contributed by atoms with Crippen molar-refractivity contribution < 1.29 is 27.1 Å². The highest BCUT2D eigenvalue weighted by Crippen LogP contribution is 2.38. The number of aromatic nitrogens is 4. The molecule has 12 heteroatoms. The van der Waals surface area contributed by atoms with Crippen molar-refractivity contribution in [3.8, 4) is 34.5 Å². The SMILES string of the molecule is C[C@H](N)C(=O)NCc1cccc(-n2nc(C(F)(F)F)cc2-c2nnc(-c3cccc4c3OCC4)o2)c1. The highest BCUT2D eigenvalue weighted by molar-refractivity contribution is 5.80. The Hall–Kier alpha value is -4.19. The third-order valence-electron chi connectivity index (χ3n) is 5.62. The van der Waals surface area contributed by atoms with Gasteiger partial charge < -0.3 is 20.2 Å². The molecule has 2 aromatic carbocycles. The highest BCUT2D eigenvalue weighted by Gasteiger charge is 2.36. The maximum absolute atomic E-state index is 13.6. The monoisotopic (exact) mass is 498 g/mol. The summed E-state index contributed by atoms with van der Waals surface area (Å²) in [5.41, 5.74) is 6.92. The lowest BCUT2D eigenvalue weighted by molar-refractivity contribution is -0.141. The molecule has 1 amide bonds. The molecule has 0 unspecified atom stereocenters. The number of nitrogens with zero attached hydrogens (tertiary/aromatic N) is 4. The maximum atomic E-state index is 13.6. The van der Waals surface area contributed by atoms with E-state index >= 15 is 0 Å². The van der Waals surface area contributed by atoms with Gasteiger partial charge in [0.2, 0.25) is 5.91 Å². The van der Waals surface area contributed by atoms with Gasteiger partial charge in [-0.15, -0.1) is 10.2 Å². The Morgan fingerprint density at radius 3 is 2.72 bits per heavy atom. The van der Waals surface area contributed by atoms with Crippen LogP contribution in [0.1, 0.15) is 23.7 Å². The second-order valence-electron chi connectivity index (χ2n) is 8.31. The lowest BCUT2D eigenvalue weighted by Gasteiger charge is -2.10. The molecule has 2 aromatic heterocycles. The molecule has 4 aromatic rings. The molecule has 3 heterocycles. The number of amides is 1. The fraction of sp³-hybridized carbons (Fsp3) is 0.250. The molecule has 9 nitrogen and oxygen atoms in total. The number of carbonyl (C=O) groups excluding carboxylic acids is 1. The Balaban J connectivity index is 1.53. The number of rotatable bonds is 6. The van der Waals surface area contributed by atoms with E-state index in [9.17, 15) is 18.0 Å². The first-order valence-electron chi connectivity index (χ1n) is 11.1. The molecule has 0 fully saturated rings. The summed E-state index contributed by atoms with van der Waals surface area (Å²) in [4.78, 5) is 11.8. The van der Waals surface area contributed by atoms with Crippen LogP contribution < -0.4 is 15.8 Å². The van der Waals surface area contributed by atoms with E-state index in [4.69, 9.17) is 14.9 Å². The molecule has 1 aliphatic heterocycles. The Labute approximate surface area is 203 Å². The van der Waals surface area contributed by atoms with E-state index in [1.54, 1.807) is 37.3 Å². The molecule has 5 rings (SSSR count). The van der Waals surface area contributed by atoms with E-state index in [1.807, 2.05) is 12.1 Å². The first kappa shape index (κ1) is 23.5. The number of nitrogens with one attached hydrogen (secondary N) is 1. The van der Waals surface area contributed by atoms with Crippen LogP contribution in [0.3, 0.4) is 0 Å². The lowest BCUT2D eigenvalue weighted by atomic mass is 10.1. The molecule has 186 valence electrons. The molecule has 0 saturated heterocycles. The standard InChI is InChI=1S/C24H21F3N6O3/c1-13(28)21(34)29-12-14-4-2-6-16(10-14)33-18(11-19(32-33)24(25,26)27)23-31-30-22(36-23)17-7-3-5-15-8-9-35-20(15)17/h2-7,10-11,13H,8-9,12,28H2,1H3,(H,29,34)/t13-/m0/s1. The Kier molecular flexibility index (Phi) is 5.96. The topological polar surface area (TPSA) is 121 Å². The zero-order chi connectivity index (χ0) is 25.4. The summed E-state index contributed by atoms with van der Waals surface area (Å²) in [6.07, 6.45) is -3.95. The minimum atomic E-state index is -4.69. The summed E-state index contributed by atoms with van der Waals surface area (Å²) in [7, 11) is 0. The van der Waals surface area contributed by atoms with Crippen molar-refractivity contribution in [2.24, 2.45) is 5.73 Å². The molecule has 0 bridgehead atoms. The average Bonchev–Trinajstić information content (AvgIpc) is 3.60. The van der Waals surface area contributed by atoms with Gasteiger partial charge in [-0.2, -0.15) is 18.3 Å². The summed E-state index contributed by atoms with van der Waals surface area (Å²) in [6.45, 7) is 2.21. The number of alkyl halides is 3. The fourth-order valence-electron chi connectivity index (χ4n) is 3.84. The number of benzene rings is 2. The van der Waals surface area contributed by atoms with Gasteiger partial charge in [0.15, 0.2) is 5.69 Å². The van der Waals surface area contributed by atoms with Crippen molar-refractivity contribution in [1.29, 1.82) is 0 Å². The zero-order valence-corrected chi connectivity index (χ0v) is 19.0. The van der Waals surface area contributed by atoms with Crippen LogP contribution >= 0.6 is 0 Å². The third kappa shape index (κ3) is 4.54. The smallest absolute Gasteiger partial charge is 0.435 e. The number of para-hydroxylation sites is 1. The van der Waals surface area contributed by atoms with Crippen LogP contribution in [0.5, 0.6) is 5.75 Å². The Morgan fingerprint density at radius 1 is 1.17 bits per heavy atom. The number of ether oxygens (including phenoxy) is 1. The first-order valence-corrected chi connectivity index (χ1v) is 11.1. The van der Waals surface area contributed by atoms with Gasteiger partial charge in [0.05, 0.1) is 23.9 Å². The number of nitrogens with two attached hydrogens (primary N) is 1. The van der Waals surface area contributed by atoms with Crippen LogP contribution in [-0.4, -0.2) is 38.5 Å². The zero-order valence-electron chi connectivity index (χ0n) is 19.0. The number of fused-ring (bicyclic) bond motifs is 1. The maximum Gasteiger partial charge on any atom is 0.435 e. The second kappa shape index (κ2) is 9.11. The Morgan fingerprint density at radius 2 is 1.94 bits per heavy atom. The van der Waals surface area contributed by atoms with Crippen molar-refractivity contribution in [1.82, 2.24) is 25.3 Å². The third-order valence-corrected chi connectivity index (χ3v) is 5.62. The minimum absolute atomic E-state index is 0.0358. The van der Waals surface area contributed by atoms with Crippen LogP contribution in [0.4, 0.5) is 13.2 Å². The molecular formula is C24H21F3N6O3. The van der Waals surface area contributed by atoms with E-state index in [2.05, 4.69) is 20.6 Å². The molecule has 0 aliphatic carbocycles. The van der Waals surface area contributed by atoms with Crippen LogP contribution in [0, 0.1) is 0 Å². The fourth-order valence-corrected chi connectivity index (χ4v) is 3.84. The van der Waals surface area contributed by atoms with Gasteiger partial charge >= 0.3 is 6.18 Å². The molecule has 3 N–H and O–H groups in total. The summed E-state index contributed by atoms with van der Waals surface area (Å²) < 4.78 is 53.3. The van der Waals surface area contributed by atoms with Crippen molar-refractivity contribution in [2.45, 2.75) is 32.1 Å². The Bertz CT molecular complexity index is 1430. The molecule has 1 atom stereocenters. The van der Waals surface area contributed by atoms with Crippen LogP contribution in [0.15, 0.2) is 52.9 Å². The highest BCUT2D eigenvalue weighted by atomic mass is 19.4. The van der Waals surface area contributed by atoms with E-state index in [1.165, 1.54) is 0 Å². The summed E-state index contributed by atoms with van der Waals surface area (Å²) in [5.74, 6) is 0.254. The van der Waals surface area contributed by atoms with Crippen molar-refractivity contribution in [2.75, 3.05) is 6.61 Å². The average molecular weight is 498 g/mol. The van der Waals surface area contributed by atoms with Gasteiger partial charge in [-0.1, -0.05) is 24.3 Å². The predicted molar refractivity (Wildman–Crippen MR) is 122 cm³/mol. The van der Waals surface area contributed by atoms with Gasteiger partial charge in [0.25, 0.3) is 11.8 Å². The van der Waals surface area contributed by atoms with Gasteiger partial charge in [0.1, 0.15) is 11.4 Å². The van der Waals surface area contributed by atoms with E-state index in [0.717, 1.165) is 22.7 Å². The molecule has 0 spiro atoms. The van der Waals surface area contributed by atoms with Gasteiger partial charge in [-0.3, -0.25) is 4.79 Å². The number of carbonyl (C=O) groups is 1. The summed E-state index contributed by atoms with van der Waals surface area (Å²) in [6, 6.07) is 12.2. The summed E-state index contributed by atoms with van der Waals surface area (Å²) in [5, 5.41) is 14.5. The number of halogens is 3. The van der Waals surface area contributed by atoms with Crippen LogP contribution in [0.2, 0.25) is 0 Å². The van der Waals surface area contributed by atoms with Gasteiger partial charge in [-0.05, 0) is 36.2 Å². The number of hydrogen-bond acceptors (Lipinski definition) is 7. The van der Waals surface area contributed by atoms with Crippen molar-refractivity contribution >= 4 is 5.91 Å². The largest absolute Gasteiger partial charge is 0.492 e. The van der Waals surface area contributed by atoms with Gasteiger partial charge in [-0.25, -0.2) is 4.68 Å². The quantitative estimate of drug-likeness (QED) is 0.417. The predicted octanol–water partition coefficient (Wildman–Crippen LogP) is 3.51. The second-order valence-corrected chi connectivity index (χ2v) is 8.31. The molecule has 1 aliphatic rings.